The Morgan fingerprint density at radius 3 is 2.62 bits per heavy atom. The Bertz CT molecular complexity index is 947. The van der Waals surface area contributed by atoms with Crippen molar-refractivity contribution >= 4 is 29.0 Å². The molecule has 2 amide bonds. The predicted octanol–water partition coefficient (Wildman–Crippen LogP) is 3.00. The highest BCUT2D eigenvalue weighted by Crippen LogP contribution is 2.28. The van der Waals surface area contributed by atoms with Gasteiger partial charge >= 0.3 is 0 Å². The molecule has 1 fully saturated rings. The molecule has 154 valence electrons. The minimum atomic E-state index is -0.166. The summed E-state index contributed by atoms with van der Waals surface area (Å²) in [7, 11) is 1.74. The van der Waals surface area contributed by atoms with Crippen LogP contribution in [0.5, 0.6) is 0 Å². The van der Waals surface area contributed by atoms with E-state index in [-0.39, 0.29) is 17.0 Å². The number of ether oxygens (including phenoxy) is 1. The van der Waals surface area contributed by atoms with Crippen LogP contribution in [0, 0.1) is 6.92 Å². The lowest BCUT2D eigenvalue weighted by Gasteiger charge is -2.27. The van der Waals surface area contributed by atoms with Gasteiger partial charge in [-0.15, -0.1) is 0 Å². The maximum atomic E-state index is 12.7. The van der Waals surface area contributed by atoms with E-state index in [4.69, 9.17) is 16.3 Å². The second-order valence-corrected chi connectivity index (χ2v) is 7.34. The highest BCUT2D eigenvalue weighted by atomic mass is 35.5. The summed E-state index contributed by atoms with van der Waals surface area (Å²) in [5.41, 5.74) is 3.40. The van der Waals surface area contributed by atoms with Crippen LogP contribution in [0.2, 0.25) is 5.15 Å². The van der Waals surface area contributed by atoms with Gasteiger partial charge in [-0.1, -0.05) is 18.2 Å². The molecule has 0 aromatic carbocycles. The number of carbonyl (C=O) groups is 2. The normalized spacial score (nSPS) is 14.0. The van der Waals surface area contributed by atoms with E-state index >= 15 is 0 Å². The van der Waals surface area contributed by atoms with Gasteiger partial charge in [0.2, 0.25) is 0 Å². The first-order valence-corrected chi connectivity index (χ1v) is 9.89. The van der Waals surface area contributed by atoms with E-state index in [1.807, 2.05) is 19.9 Å². The number of nitrogens with zero attached hydrogens (tertiary/aromatic N) is 3. The van der Waals surface area contributed by atoms with Crippen LogP contribution >= 0.6 is 11.6 Å². The monoisotopic (exact) mass is 416 g/mol. The molecule has 0 spiro atoms. The maximum absolute atomic E-state index is 12.7. The number of aromatic amines is 1. The Hall–Kier alpha value is -2.64. The molecule has 29 heavy (non-hydrogen) atoms. The van der Waals surface area contributed by atoms with Crippen molar-refractivity contribution in [2.45, 2.75) is 13.8 Å². The van der Waals surface area contributed by atoms with Gasteiger partial charge < -0.3 is 19.5 Å². The summed E-state index contributed by atoms with van der Waals surface area (Å²) in [6.07, 6.45) is 0. The lowest BCUT2D eigenvalue weighted by molar-refractivity contribution is 0.0302. The van der Waals surface area contributed by atoms with Crippen molar-refractivity contribution in [2.24, 2.45) is 0 Å². The molecule has 1 N–H and O–H groups in total. The zero-order valence-electron chi connectivity index (χ0n) is 16.9. The van der Waals surface area contributed by atoms with E-state index in [1.165, 1.54) is 0 Å². The van der Waals surface area contributed by atoms with Crippen LogP contribution in [-0.2, 0) is 4.74 Å². The molecule has 3 rings (SSSR count). The Morgan fingerprint density at radius 2 is 2.00 bits per heavy atom. The maximum Gasteiger partial charge on any atom is 0.270 e. The number of nitrogens with one attached hydrogen (secondary N) is 1. The number of H-pyrrole nitrogens is 1. The summed E-state index contributed by atoms with van der Waals surface area (Å²) in [6.45, 7) is 10.6. The van der Waals surface area contributed by atoms with Crippen LogP contribution in [0.15, 0.2) is 24.8 Å². The van der Waals surface area contributed by atoms with Gasteiger partial charge in [-0.05, 0) is 32.0 Å². The first-order chi connectivity index (χ1) is 13.8. The number of hydrogen-bond acceptors (Lipinski definition) is 4. The fourth-order valence-electron chi connectivity index (χ4n) is 3.17. The molecule has 2 aromatic rings. The number of halogens is 1. The number of amides is 2. The van der Waals surface area contributed by atoms with Crippen LogP contribution in [0.4, 0.5) is 0 Å². The topological polar surface area (TPSA) is 78.5 Å². The molecule has 0 bridgehead atoms. The number of aromatic nitrogens is 2. The first-order valence-electron chi connectivity index (χ1n) is 9.51. The van der Waals surface area contributed by atoms with Crippen molar-refractivity contribution in [2.75, 3.05) is 39.9 Å². The highest BCUT2D eigenvalue weighted by molar-refractivity contribution is 6.32. The van der Waals surface area contributed by atoms with Crippen LogP contribution < -0.4 is 0 Å². The van der Waals surface area contributed by atoms with Crippen LogP contribution in [-0.4, -0.2) is 71.5 Å². The molecule has 0 atom stereocenters. The average molecular weight is 417 g/mol. The number of hydrogen-bond donors (Lipinski definition) is 1. The summed E-state index contributed by atoms with van der Waals surface area (Å²) < 4.78 is 5.28. The SMILES string of the molecule is C=C(c1ccc(C(=O)N2CCOCC2)c(Cl)n1)c1cc(C)[nH]c1C(=O)N(C)CC. The lowest BCUT2D eigenvalue weighted by Crippen LogP contribution is -2.40. The van der Waals surface area contributed by atoms with Gasteiger partial charge in [0.25, 0.3) is 11.8 Å². The molecule has 1 saturated heterocycles. The molecule has 0 unspecified atom stereocenters. The fourth-order valence-corrected chi connectivity index (χ4v) is 3.40. The third kappa shape index (κ3) is 4.36. The van der Waals surface area contributed by atoms with Crippen molar-refractivity contribution < 1.29 is 14.3 Å². The Balaban J connectivity index is 1.88. The average Bonchev–Trinajstić information content (AvgIpc) is 3.13. The third-order valence-corrected chi connectivity index (χ3v) is 5.29. The zero-order chi connectivity index (χ0) is 21.1. The van der Waals surface area contributed by atoms with Crippen molar-refractivity contribution in [3.8, 4) is 0 Å². The summed E-state index contributed by atoms with van der Waals surface area (Å²) in [5.74, 6) is -0.289. The second-order valence-electron chi connectivity index (χ2n) is 6.98. The van der Waals surface area contributed by atoms with Crippen LogP contribution in [0.1, 0.15) is 44.7 Å². The molecule has 0 saturated carbocycles. The minimum Gasteiger partial charge on any atom is -0.378 e. The molecule has 0 radical (unpaired) electrons. The van der Waals surface area contributed by atoms with Crippen LogP contribution in [0.25, 0.3) is 5.57 Å². The number of pyridine rings is 1. The lowest BCUT2D eigenvalue weighted by atomic mass is 10.0. The molecule has 1 aliphatic heterocycles. The predicted molar refractivity (Wildman–Crippen MR) is 112 cm³/mol. The van der Waals surface area contributed by atoms with E-state index in [0.29, 0.717) is 60.9 Å². The Kier molecular flexibility index (Phi) is 6.39. The van der Waals surface area contributed by atoms with Crippen molar-refractivity contribution in [1.82, 2.24) is 19.8 Å². The highest BCUT2D eigenvalue weighted by Gasteiger charge is 2.24. The minimum absolute atomic E-state index is 0.117. The number of aryl methyl sites for hydroxylation is 1. The van der Waals surface area contributed by atoms with Crippen LogP contribution in [0.3, 0.4) is 0 Å². The number of carbonyl (C=O) groups excluding carboxylic acids is 2. The van der Waals surface area contributed by atoms with Gasteiger partial charge in [0.15, 0.2) is 0 Å². The van der Waals surface area contributed by atoms with Crippen molar-refractivity contribution in [3.63, 3.8) is 0 Å². The van der Waals surface area contributed by atoms with Gasteiger partial charge in [0.05, 0.1) is 24.5 Å². The third-order valence-electron chi connectivity index (χ3n) is 5.00. The van der Waals surface area contributed by atoms with E-state index in [9.17, 15) is 9.59 Å². The molecule has 0 aliphatic carbocycles. The standard InChI is InChI=1S/C21H25ClN4O3/c1-5-25(4)21(28)18-16(12-13(2)23-18)14(3)17-7-6-15(19(22)24-17)20(27)26-8-10-29-11-9-26/h6-7,12,23H,3,5,8-11H2,1-2,4H3. The van der Waals surface area contributed by atoms with E-state index in [2.05, 4.69) is 16.5 Å². The van der Waals surface area contributed by atoms with Crippen molar-refractivity contribution in [1.29, 1.82) is 0 Å². The van der Waals surface area contributed by atoms with Gasteiger partial charge in [-0.3, -0.25) is 9.59 Å². The first kappa shape index (κ1) is 21.1. The number of morpholine rings is 1. The Labute approximate surface area is 175 Å². The summed E-state index contributed by atoms with van der Waals surface area (Å²) in [5, 5.41) is 0.117. The number of rotatable bonds is 5. The molecular formula is C21H25ClN4O3. The van der Waals surface area contributed by atoms with E-state index < -0.39 is 0 Å². The summed E-state index contributed by atoms with van der Waals surface area (Å²) in [6, 6.07) is 5.23. The summed E-state index contributed by atoms with van der Waals surface area (Å²) >= 11 is 6.34. The van der Waals surface area contributed by atoms with Gasteiger partial charge in [-0.2, -0.15) is 0 Å². The molecular weight excluding hydrogens is 392 g/mol. The fraction of sp³-hybridized carbons (Fsp3) is 0.381. The molecule has 1 aliphatic rings. The van der Waals surface area contributed by atoms with Gasteiger partial charge in [0.1, 0.15) is 10.8 Å². The molecule has 3 heterocycles. The smallest absolute Gasteiger partial charge is 0.270 e. The molecule has 2 aromatic heterocycles. The van der Waals surface area contributed by atoms with Gasteiger partial charge in [-0.25, -0.2) is 4.98 Å². The Morgan fingerprint density at radius 1 is 1.31 bits per heavy atom. The summed E-state index contributed by atoms with van der Waals surface area (Å²) in [4.78, 5) is 36.2. The quantitative estimate of drug-likeness (QED) is 0.760. The van der Waals surface area contributed by atoms with E-state index in [0.717, 1.165) is 5.69 Å². The second kappa shape index (κ2) is 8.80. The molecule has 7 nitrogen and oxygen atoms in total. The van der Waals surface area contributed by atoms with Gasteiger partial charge in [0, 0.05) is 43.5 Å². The zero-order valence-corrected chi connectivity index (χ0v) is 17.7. The molecule has 8 heteroatoms. The van der Waals surface area contributed by atoms with E-state index in [1.54, 1.807) is 29.0 Å². The largest absolute Gasteiger partial charge is 0.378 e. The van der Waals surface area contributed by atoms with Crippen molar-refractivity contribution in [3.05, 3.63) is 58.1 Å².